The first-order valence-electron chi connectivity index (χ1n) is 7.72. The molecule has 0 aromatic heterocycles. The number of anilines is 1. The molecule has 4 nitrogen and oxygen atoms in total. The Kier molecular flexibility index (Phi) is 6.84. The summed E-state index contributed by atoms with van der Waals surface area (Å²) < 4.78 is 55.9. The van der Waals surface area contributed by atoms with Crippen molar-refractivity contribution in [2.75, 3.05) is 11.1 Å². The van der Waals surface area contributed by atoms with Crippen LogP contribution < -0.4 is 5.32 Å². The third-order valence-corrected chi connectivity index (χ3v) is 4.36. The van der Waals surface area contributed by atoms with E-state index in [1.165, 1.54) is 25.1 Å². The lowest BCUT2D eigenvalue weighted by molar-refractivity contribution is -0.150. The van der Waals surface area contributed by atoms with E-state index in [-0.39, 0.29) is 16.3 Å². The molecule has 144 valence electrons. The molecular weight excluding hydrogens is 386 g/mol. The maximum Gasteiger partial charge on any atom is 0.416 e. The van der Waals surface area contributed by atoms with Crippen LogP contribution in [0.4, 0.5) is 23.2 Å². The molecule has 0 aliphatic rings. The average Bonchev–Trinajstić information content (AvgIpc) is 2.60. The van der Waals surface area contributed by atoms with Crippen molar-refractivity contribution < 1.29 is 31.9 Å². The number of alkyl halides is 3. The number of rotatable bonds is 6. The van der Waals surface area contributed by atoms with Gasteiger partial charge in [-0.1, -0.05) is 12.1 Å². The Bertz CT molecular complexity index is 809. The minimum absolute atomic E-state index is 0.136. The quantitative estimate of drug-likeness (QED) is 0.440. The first kappa shape index (κ1) is 20.8. The minimum atomic E-state index is -4.47. The van der Waals surface area contributed by atoms with E-state index in [1.54, 1.807) is 6.07 Å². The molecule has 0 unspecified atom stereocenters. The second-order valence-electron chi connectivity index (χ2n) is 5.42. The summed E-state index contributed by atoms with van der Waals surface area (Å²) in [5, 5.41) is 2.36. The standard InChI is InChI=1S/C18H15F4NO3S/c1-11(26-16(24)10-27-15-5-3-2-4-14(15)19)17(25)23-13-8-6-12(7-9-13)18(20,21)22/h2-9,11H,10H2,1H3,(H,23,25)/t11-/m1/s1. The van der Waals surface area contributed by atoms with E-state index >= 15 is 0 Å². The van der Waals surface area contributed by atoms with E-state index in [2.05, 4.69) is 5.32 Å². The molecule has 0 aliphatic heterocycles. The molecule has 0 bridgehead atoms. The zero-order valence-electron chi connectivity index (χ0n) is 14.0. The third-order valence-electron chi connectivity index (χ3n) is 3.34. The highest BCUT2D eigenvalue weighted by molar-refractivity contribution is 8.00. The van der Waals surface area contributed by atoms with Crippen molar-refractivity contribution in [3.8, 4) is 0 Å². The number of benzene rings is 2. The summed E-state index contributed by atoms with van der Waals surface area (Å²) >= 11 is 0.929. The van der Waals surface area contributed by atoms with Gasteiger partial charge in [0, 0.05) is 10.6 Å². The Hall–Kier alpha value is -2.55. The molecule has 0 spiro atoms. The second-order valence-corrected chi connectivity index (χ2v) is 6.43. The third kappa shape index (κ3) is 6.28. The lowest BCUT2D eigenvalue weighted by Crippen LogP contribution is -2.30. The summed E-state index contributed by atoms with van der Waals surface area (Å²) in [5.41, 5.74) is -0.707. The van der Waals surface area contributed by atoms with Gasteiger partial charge in [0.05, 0.1) is 11.3 Å². The Morgan fingerprint density at radius 3 is 2.33 bits per heavy atom. The molecule has 0 aliphatic carbocycles. The van der Waals surface area contributed by atoms with E-state index in [9.17, 15) is 27.2 Å². The lowest BCUT2D eigenvalue weighted by Gasteiger charge is -2.14. The second kappa shape index (κ2) is 8.90. The summed E-state index contributed by atoms with van der Waals surface area (Å²) in [7, 11) is 0. The molecule has 1 N–H and O–H groups in total. The van der Waals surface area contributed by atoms with Gasteiger partial charge < -0.3 is 10.1 Å². The van der Waals surface area contributed by atoms with Crippen LogP contribution in [-0.4, -0.2) is 23.7 Å². The predicted octanol–water partition coefficient (Wildman–Crippen LogP) is 4.51. The van der Waals surface area contributed by atoms with Gasteiger partial charge in [-0.25, -0.2) is 4.39 Å². The number of hydrogen-bond donors (Lipinski definition) is 1. The van der Waals surface area contributed by atoms with Gasteiger partial charge in [-0.3, -0.25) is 9.59 Å². The van der Waals surface area contributed by atoms with Gasteiger partial charge in [0.1, 0.15) is 5.82 Å². The van der Waals surface area contributed by atoms with Gasteiger partial charge >= 0.3 is 12.1 Å². The Morgan fingerprint density at radius 1 is 1.11 bits per heavy atom. The van der Waals surface area contributed by atoms with Crippen LogP contribution in [0.3, 0.4) is 0 Å². The lowest BCUT2D eigenvalue weighted by atomic mass is 10.2. The van der Waals surface area contributed by atoms with Gasteiger partial charge in [0.15, 0.2) is 6.10 Å². The number of halogens is 4. The molecular formula is C18H15F4NO3S. The van der Waals surface area contributed by atoms with Crippen LogP contribution in [0.1, 0.15) is 12.5 Å². The minimum Gasteiger partial charge on any atom is -0.452 e. The zero-order chi connectivity index (χ0) is 20.0. The summed E-state index contributed by atoms with van der Waals surface area (Å²) in [4.78, 5) is 24.0. The van der Waals surface area contributed by atoms with Gasteiger partial charge in [-0.2, -0.15) is 13.2 Å². The van der Waals surface area contributed by atoms with Crippen LogP contribution in [0.15, 0.2) is 53.4 Å². The molecule has 1 amide bonds. The number of carbonyl (C=O) groups excluding carboxylic acids is 2. The Balaban J connectivity index is 1.84. The van der Waals surface area contributed by atoms with Crippen LogP contribution in [0.5, 0.6) is 0 Å². The van der Waals surface area contributed by atoms with Crippen molar-refractivity contribution in [1.29, 1.82) is 0 Å². The van der Waals surface area contributed by atoms with Gasteiger partial charge in [0.25, 0.3) is 5.91 Å². The van der Waals surface area contributed by atoms with Crippen molar-refractivity contribution in [2.45, 2.75) is 24.1 Å². The largest absolute Gasteiger partial charge is 0.452 e. The summed E-state index contributed by atoms with van der Waals surface area (Å²) in [6, 6.07) is 9.77. The topological polar surface area (TPSA) is 55.4 Å². The normalized spacial score (nSPS) is 12.3. The first-order valence-corrected chi connectivity index (χ1v) is 8.70. The Morgan fingerprint density at radius 2 is 1.74 bits per heavy atom. The molecule has 2 aromatic rings. The van der Waals surface area contributed by atoms with Crippen LogP contribution in [0.25, 0.3) is 0 Å². The molecule has 2 aromatic carbocycles. The number of esters is 1. The summed E-state index contributed by atoms with van der Waals surface area (Å²) in [6.07, 6.45) is -5.64. The van der Waals surface area contributed by atoms with Crippen LogP contribution in [0.2, 0.25) is 0 Å². The van der Waals surface area contributed by atoms with Crippen LogP contribution in [0, 0.1) is 5.82 Å². The van der Waals surface area contributed by atoms with E-state index in [0.717, 1.165) is 36.0 Å². The number of hydrogen-bond acceptors (Lipinski definition) is 4. The van der Waals surface area contributed by atoms with Crippen LogP contribution >= 0.6 is 11.8 Å². The number of nitrogens with one attached hydrogen (secondary N) is 1. The van der Waals surface area contributed by atoms with Crippen molar-refractivity contribution >= 4 is 29.3 Å². The highest BCUT2D eigenvalue weighted by Gasteiger charge is 2.30. The zero-order valence-corrected chi connectivity index (χ0v) is 14.9. The molecule has 0 heterocycles. The summed E-state index contributed by atoms with van der Waals surface area (Å²) in [6.45, 7) is 1.32. The van der Waals surface area contributed by atoms with E-state index in [4.69, 9.17) is 4.74 Å². The number of carbonyl (C=O) groups is 2. The highest BCUT2D eigenvalue weighted by Crippen LogP contribution is 2.29. The summed E-state index contributed by atoms with van der Waals surface area (Å²) in [5.74, 6) is -2.08. The van der Waals surface area contributed by atoms with Crippen molar-refractivity contribution in [3.63, 3.8) is 0 Å². The van der Waals surface area contributed by atoms with E-state index in [1.807, 2.05) is 0 Å². The fourth-order valence-corrected chi connectivity index (χ4v) is 2.69. The molecule has 0 radical (unpaired) electrons. The molecule has 0 saturated heterocycles. The maximum atomic E-state index is 13.5. The number of amides is 1. The SMILES string of the molecule is C[C@@H](OC(=O)CSc1ccccc1F)C(=O)Nc1ccc(C(F)(F)F)cc1. The smallest absolute Gasteiger partial charge is 0.416 e. The van der Waals surface area contributed by atoms with Crippen molar-refractivity contribution in [3.05, 3.63) is 59.9 Å². The molecule has 2 rings (SSSR count). The predicted molar refractivity (Wildman–Crippen MR) is 92.8 cm³/mol. The highest BCUT2D eigenvalue weighted by atomic mass is 32.2. The fraction of sp³-hybridized carbons (Fsp3) is 0.222. The molecule has 27 heavy (non-hydrogen) atoms. The van der Waals surface area contributed by atoms with Crippen LogP contribution in [-0.2, 0) is 20.5 Å². The monoisotopic (exact) mass is 401 g/mol. The van der Waals surface area contributed by atoms with Gasteiger partial charge in [0.2, 0.25) is 0 Å². The number of thioether (sulfide) groups is 1. The van der Waals surface area contributed by atoms with Gasteiger partial charge in [-0.05, 0) is 43.3 Å². The Labute approximate surface area is 156 Å². The van der Waals surface area contributed by atoms with E-state index in [0.29, 0.717) is 0 Å². The molecule has 0 fully saturated rings. The molecule has 0 saturated carbocycles. The first-order chi connectivity index (χ1) is 12.7. The average molecular weight is 401 g/mol. The van der Waals surface area contributed by atoms with E-state index < -0.39 is 35.5 Å². The van der Waals surface area contributed by atoms with Gasteiger partial charge in [-0.15, -0.1) is 11.8 Å². The van der Waals surface area contributed by atoms with Crippen molar-refractivity contribution in [2.24, 2.45) is 0 Å². The molecule has 1 atom stereocenters. The maximum absolute atomic E-state index is 13.5. The fourth-order valence-electron chi connectivity index (χ4n) is 1.97. The number of ether oxygens (including phenoxy) is 1. The van der Waals surface area contributed by atoms with Crippen molar-refractivity contribution in [1.82, 2.24) is 0 Å². The molecule has 9 heteroatoms.